The van der Waals surface area contributed by atoms with E-state index in [1.807, 2.05) is 59.2 Å². The highest BCUT2D eigenvalue weighted by Gasteiger charge is 2.18. The number of hydrogen-bond acceptors (Lipinski definition) is 6. The molecule has 0 atom stereocenters. The van der Waals surface area contributed by atoms with E-state index in [-0.39, 0.29) is 11.7 Å². The van der Waals surface area contributed by atoms with Crippen LogP contribution in [-0.2, 0) is 16.0 Å². The van der Waals surface area contributed by atoms with Crippen LogP contribution in [0.15, 0.2) is 78.0 Å². The molecule has 7 nitrogen and oxygen atoms in total. The van der Waals surface area contributed by atoms with Crippen molar-refractivity contribution in [3.05, 3.63) is 94.2 Å². The third-order valence-corrected chi connectivity index (χ3v) is 7.39. The van der Waals surface area contributed by atoms with Crippen LogP contribution in [0.4, 0.5) is 11.4 Å². The average Bonchev–Trinajstić information content (AvgIpc) is 3.31. The number of amides is 1. The second kappa shape index (κ2) is 12.0. The Hall–Kier alpha value is -3.04. The molecule has 0 spiro atoms. The molecule has 1 N–H and O–H groups in total. The van der Waals surface area contributed by atoms with Gasteiger partial charge in [0, 0.05) is 35.9 Å². The molecule has 0 radical (unpaired) electrons. The number of anilines is 2. The van der Waals surface area contributed by atoms with Gasteiger partial charge >= 0.3 is 0 Å². The van der Waals surface area contributed by atoms with E-state index < -0.39 is 0 Å². The number of carbonyl (C=O) groups excluding carboxylic acids is 1. The molecule has 0 bridgehead atoms. The van der Waals surface area contributed by atoms with Crippen molar-refractivity contribution in [2.75, 3.05) is 42.3 Å². The predicted molar refractivity (Wildman–Crippen MR) is 149 cm³/mol. The van der Waals surface area contributed by atoms with Gasteiger partial charge in [0.05, 0.1) is 29.7 Å². The number of nitrogens with one attached hydrogen (secondary N) is 1. The fraction of sp³-hybridized carbons (Fsp3) is 0.222. The molecule has 190 valence electrons. The molecule has 0 saturated carbocycles. The van der Waals surface area contributed by atoms with Crippen molar-refractivity contribution in [2.45, 2.75) is 11.6 Å². The second-order valence-corrected chi connectivity index (χ2v) is 10.3. The largest absolute Gasteiger partial charge is 0.378 e. The van der Waals surface area contributed by atoms with E-state index in [4.69, 9.17) is 27.9 Å². The van der Waals surface area contributed by atoms with E-state index in [2.05, 4.69) is 32.5 Å². The van der Waals surface area contributed by atoms with E-state index in [1.54, 1.807) is 6.07 Å². The van der Waals surface area contributed by atoms with Crippen LogP contribution in [0.5, 0.6) is 0 Å². The molecule has 0 unspecified atom stereocenters. The maximum absolute atomic E-state index is 12.8. The number of thioether (sulfide) groups is 1. The quantitative estimate of drug-likeness (QED) is 0.281. The first-order valence-electron chi connectivity index (χ1n) is 11.9. The van der Waals surface area contributed by atoms with E-state index in [0.717, 1.165) is 35.9 Å². The van der Waals surface area contributed by atoms with Gasteiger partial charge in [-0.3, -0.25) is 9.36 Å². The van der Waals surface area contributed by atoms with Crippen LogP contribution < -0.4 is 10.2 Å². The summed E-state index contributed by atoms with van der Waals surface area (Å²) in [5.41, 5.74) is 3.60. The molecular formula is C27H25Cl2N5O2S. The lowest BCUT2D eigenvalue weighted by Gasteiger charge is -2.29. The van der Waals surface area contributed by atoms with Crippen LogP contribution in [0, 0.1) is 0 Å². The SMILES string of the molecule is O=C(CSc1nnc(Cc2ccccc2)n1-c1ccc(Cl)cc1)Nc1ccc(N2CCOCC2)c(Cl)c1. The second-order valence-electron chi connectivity index (χ2n) is 8.48. The zero-order valence-corrected chi connectivity index (χ0v) is 22.3. The van der Waals surface area contributed by atoms with Crippen LogP contribution in [0.25, 0.3) is 5.69 Å². The number of morpholine rings is 1. The highest BCUT2D eigenvalue weighted by Crippen LogP contribution is 2.30. The van der Waals surface area contributed by atoms with Crippen LogP contribution in [0.2, 0.25) is 10.0 Å². The molecule has 0 aliphatic carbocycles. The molecule has 5 rings (SSSR count). The van der Waals surface area contributed by atoms with Crippen molar-refractivity contribution in [3.63, 3.8) is 0 Å². The van der Waals surface area contributed by atoms with Crippen LogP contribution in [-0.4, -0.2) is 52.7 Å². The van der Waals surface area contributed by atoms with Gasteiger partial charge in [-0.05, 0) is 48.0 Å². The lowest BCUT2D eigenvalue weighted by atomic mass is 10.1. The minimum absolute atomic E-state index is 0.157. The fourth-order valence-electron chi connectivity index (χ4n) is 4.11. The minimum atomic E-state index is -0.157. The molecule has 37 heavy (non-hydrogen) atoms. The van der Waals surface area contributed by atoms with Gasteiger partial charge in [-0.2, -0.15) is 0 Å². The summed E-state index contributed by atoms with van der Waals surface area (Å²) < 4.78 is 7.38. The summed E-state index contributed by atoms with van der Waals surface area (Å²) in [5.74, 6) is 0.789. The Labute approximate surface area is 229 Å². The lowest BCUT2D eigenvalue weighted by Crippen LogP contribution is -2.36. The number of carbonyl (C=O) groups is 1. The third-order valence-electron chi connectivity index (χ3n) is 5.91. The van der Waals surface area contributed by atoms with Gasteiger partial charge < -0.3 is 15.0 Å². The molecular weight excluding hydrogens is 529 g/mol. The maximum atomic E-state index is 12.8. The zero-order valence-electron chi connectivity index (χ0n) is 19.9. The Morgan fingerprint density at radius 3 is 2.46 bits per heavy atom. The van der Waals surface area contributed by atoms with Gasteiger partial charge in [0.15, 0.2) is 5.16 Å². The first-order chi connectivity index (χ1) is 18.1. The molecule has 4 aromatic rings. The van der Waals surface area contributed by atoms with Crippen molar-refractivity contribution in [2.24, 2.45) is 0 Å². The van der Waals surface area contributed by atoms with Crippen LogP contribution in [0.1, 0.15) is 11.4 Å². The zero-order chi connectivity index (χ0) is 25.6. The molecule has 3 aromatic carbocycles. The minimum Gasteiger partial charge on any atom is -0.378 e. The van der Waals surface area contributed by atoms with Gasteiger partial charge in [-0.25, -0.2) is 0 Å². The number of hydrogen-bond donors (Lipinski definition) is 1. The Bertz CT molecular complexity index is 1360. The summed E-state index contributed by atoms with van der Waals surface area (Å²) in [7, 11) is 0. The average molecular weight is 555 g/mol. The van der Waals surface area contributed by atoms with E-state index >= 15 is 0 Å². The molecule has 1 amide bonds. The summed E-state index contributed by atoms with van der Waals surface area (Å²) in [6.07, 6.45) is 0.608. The summed E-state index contributed by atoms with van der Waals surface area (Å²) in [4.78, 5) is 15.0. The van der Waals surface area contributed by atoms with Crippen LogP contribution >= 0.6 is 35.0 Å². The van der Waals surface area contributed by atoms with Crippen molar-refractivity contribution in [1.82, 2.24) is 14.8 Å². The molecule has 1 aliphatic rings. The number of ether oxygens (including phenoxy) is 1. The number of nitrogens with zero attached hydrogens (tertiary/aromatic N) is 4. The van der Waals surface area contributed by atoms with Crippen molar-refractivity contribution in [1.29, 1.82) is 0 Å². The lowest BCUT2D eigenvalue weighted by molar-refractivity contribution is -0.113. The van der Waals surface area contributed by atoms with Gasteiger partial charge in [0.25, 0.3) is 0 Å². The molecule has 10 heteroatoms. The first kappa shape index (κ1) is 25.6. The molecule has 1 fully saturated rings. The predicted octanol–water partition coefficient (Wildman–Crippen LogP) is 5.73. The Morgan fingerprint density at radius 2 is 1.73 bits per heavy atom. The topological polar surface area (TPSA) is 72.3 Å². The molecule has 2 heterocycles. The third kappa shape index (κ3) is 6.45. The monoisotopic (exact) mass is 553 g/mol. The Balaban J connectivity index is 1.28. The van der Waals surface area contributed by atoms with Crippen molar-refractivity contribution in [3.8, 4) is 5.69 Å². The summed E-state index contributed by atoms with van der Waals surface area (Å²) in [6, 6.07) is 23.2. The van der Waals surface area contributed by atoms with E-state index in [1.165, 1.54) is 11.8 Å². The van der Waals surface area contributed by atoms with Gasteiger partial charge in [0.1, 0.15) is 5.82 Å². The van der Waals surface area contributed by atoms with Crippen molar-refractivity contribution >= 4 is 52.2 Å². The standard InChI is InChI=1S/C27H25Cl2N5O2S/c28-20-6-9-22(10-7-20)34-25(16-19-4-2-1-3-5-19)31-32-27(34)37-18-26(35)30-21-8-11-24(23(29)17-21)33-12-14-36-15-13-33/h1-11,17H,12-16,18H2,(H,30,35). The van der Waals surface area contributed by atoms with Gasteiger partial charge in [-0.1, -0.05) is 65.3 Å². The first-order valence-corrected chi connectivity index (χ1v) is 13.6. The number of rotatable bonds is 8. The van der Waals surface area contributed by atoms with Crippen molar-refractivity contribution < 1.29 is 9.53 Å². The molecule has 1 saturated heterocycles. The summed E-state index contributed by atoms with van der Waals surface area (Å²) >= 11 is 14.0. The Morgan fingerprint density at radius 1 is 0.973 bits per heavy atom. The summed E-state index contributed by atoms with van der Waals surface area (Å²) in [5, 5.41) is 13.6. The highest BCUT2D eigenvalue weighted by atomic mass is 35.5. The highest BCUT2D eigenvalue weighted by molar-refractivity contribution is 7.99. The fourth-order valence-corrected chi connectivity index (χ4v) is 5.31. The maximum Gasteiger partial charge on any atom is 0.234 e. The van der Waals surface area contributed by atoms with Crippen LogP contribution in [0.3, 0.4) is 0 Å². The Kier molecular flexibility index (Phi) is 8.31. The van der Waals surface area contributed by atoms with E-state index in [0.29, 0.717) is 40.5 Å². The van der Waals surface area contributed by atoms with E-state index in [9.17, 15) is 4.79 Å². The van der Waals surface area contributed by atoms with Gasteiger partial charge in [0.2, 0.25) is 5.91 Å². The number of benzene rings is 3. The smallest absolute Gasteiger partial charge is 0.234 e. The molecule has 1 aromatic heterocycles. The summed E-state index contributed by atoms with van der Waals surface area (Å²) in [6.45, 7) is 2.95. The number of aromatic nitrogens is 3. The van der Waals surface area contributed by atoms with Gasteiger partial charge in [-0.15, -0.1) is 10.2 Å². The number of halogens is 2. The normalized spacial score (nSPS) is 13.5. The molecule has 1 aliphatic heterocycles.